The summed E-state index contributed by atoms with van der Waals surface area (Å²) in [5, 5.41) is 2.38. The summed E-state index contributed by atoms with van der Waals surface area (Å²) in [6.07, 6.45) is 0.639. The van der Waals surface area contributed by atoms with Crippen molar-refractivity contribution in [2.75, 3.05) is 33.9 Å². The van der Waals surface area contributed by atoms with E-state index in [1.54, 1.807) is 54.7 Å². The van der Waals surface area contributed by atoms with E-state index in [-0.39, 0.29) is 24.3 Å². The van der Waals surface area contributed by atoms with Crippen LogP contribution >= 0.6 is 22.9 Å². The van der Waals surface area contributed by atoms with Gasteiger partial charge >= 0.3 is 0 Å². The van der Waals surface area contributed by atoms with E-state index in [0.717, 1.165) is 10.4 Å². The maximum absolute atomic E-state index is 13.6. The van der Waals surface area contributed by atoms with Crippen molar-refractivity contribution in [1.82, 2.24) is 9.80 Å². The fourth-order valence-corrected chi connectivity index (χ4v) is 4.85. The van der Waals surface area contributed by atoms with E-state index in [2.05, 4.69) is 0 Å². The summed E-state index contributed by atoms with van der Waals surface area (Å²) in [6.45, 7) is 5.48. The maximum Gasteiger partial charge on any atom is 0.255 e. The Balaban J connectivity index is 1.79. The lowest BCUT2D eigenvalue weighted by atomic mass is 10.1. The van der Waals surface area contributed by atoms with Crippen LogP contribution in [0.25, 0.3) is 0 Å². The van der Waals surface area contributed by atoms with Crippen molar-refractivity contribution in [1.29, 1.82) is 0 Å². The number of carbonyl (C=O) groups excluding carboxylic acids is 2. The Morgan fingerprint density at radius 1 is 0.972 bits per heavy atom. The molecule has 36 heavy (non-hydrogen) atoms. The third-order valence-electron chi connectivity index (χ3n) is 5.70. The molecule has 0 radical (unpaired) electrons. The minimum atomic E-state index is -0.237. The molecule has 2 amide bonds. The second-order valence-corrected chi connectivity index (χ2v) is 10.3. The van der Waals surface area contributed by atoms with Gasteiger partial charge in [-0.15, -0.1) is 11.3 Å². The largest absolute Gasteiger partial charge is 0.493 e. The Bertz CT molecular complexity index is 1150. The molecule has 0 saturated carbocycles. The number of rotatable bonds is 12. The van der Waals surface area contributed by atoms with Gasteiger partial charge in [-0.05, 0) is 53.6 Å². The molecular weight excluding hydrogens is 496 g/mol. The van der Waals surface area contributed by atoms with Gasteiger partial charge in [0, 0.05) is 18.0 Å². The van der Waals surface area contributed by atoms with Gasteiger partial charge in [0.15, 0.2) is 11.5 Å². The Hall–Kier alpha value is -3.03. The zero-order chi connectivity index (χ0) is 26.1. The van der Waals surface area contributed by atoms with E-state index in [0.29, 0.717) is 48.1 Å². The number of carbonyl (C=O) groups is 2. The van der Waals surface area contributed by atoms with Crippen LogP contribution in [0.3, 0.4) is 0 Å². The van der Waals surface area contributed by atoms with Gasteiger partial charge in [-0.3, -0.25) is 9.59 Å². The van der Waals surface area contributed by atoms with Crippen LogP contribution in [0, 0.1) is 5.92 Å². The van der Waals surface area contributed by atoms with Crippen LogP contribution in [-0.2, 0) is 17.8 Å². The molecule has 3 aromatic rings. The molecule has 0 fully saturated rings. The number of thiophene rings is 1. The van der Waals surface area contributed by atoms with Crippen LogP contribution in [0.1, 0.15) is 34.6 Å². The molecule has 0 aliphatic heterocycles. The highest BCUT2D eigenvalue weighted by molar-refractivity contribution is 7.09. The Kier molecular flexibility index (Phi) is 10.2. The number of halogens is 1. The first-order chi connectivity index (χ1) is 17.3. The molecule has 6 nitrogen and oxygen atoms in total. The van der Waals surface area contributed by atoms with Crippen molar-refractivity contribution < 1.29 is 19.1 Å². The highest BCUT2D eigenvalue weighted by Crippen LogP contribution is 2.28. The number of amides is 2. The predicted molar refractivity (Wildman–Crippen MR) is 145 cm³/mol. The van der Waals surface area contributed by atoms with E-state index < -0.39 is 0 Å². The smallest absolute Gasteiger partial charge is 0.255 e. The first-order valence-electron chi connectivity index (χ1n) is 11.9. The SMILES string of the molecule is COc1ccc(CCN(Cc2cccs2)C(=O)CN(CC(C)C)C(=O)c2ccccc2Cl)cc1OC. The topological polar surface area (TPSA) is 59.1 Å². The van der Waals surface area contributed by atoms with Crippen molar-refractivity contribution in [3.63, 3.8) is 0 Å². The normalized spacial score (nSPS) is 10.8. The number of nitrogens with zero attached hydrogens (tertiary/aromatic N) is 2. The maximum atomic E-state index is 13.6. The fourth-order valence-electron chi connectivity index (χ4n) is 3.91. The minimum Gasteiger partial charge on any atom is -0.493 e. The average molecular weight is 529 g/mol. The molecule has 8 heteroatoms. The van der Waals surface area contributed by atoms with E-state index in [4.69, 9.17) is 21.1 Å². The molecule has 0 bridgehead atoms. The van der Waals surface area contributed by atoms with Crippen molar-refractivity contribution in [3.05, 3.63) is 81.0 Å². The van der Waals surface area contributed by atoms with Crippen LogP contribution < -0.4 is 9.47 Å². The van der Waals surface area contributed by atoms with E-state index in [1.807, 2.05) is 54.5 Å². The summed E-state index contributed by atoms with van der Waals surface area (Å²) < 4.78 is 10.8. The van der Waals surface area contributed by atoms with Gasteiger partial charge in [-0.2, -0.15) is 0 Å². The number of hydrogen-bond donors (Lipinski definition) is 0. The molecule has 0 atom stereocenters. The number of ether oxygens (including phenoxy) is 2. The third-order valence-corrected chi connectivity index (χ3v) is 6.89. The average Bonchev–Trinajstić information content (AvgIpc) is 3.38. The fraction of sp³-hybridized carbons (Fsp3) is 0.357. The van der Waals surface area contributed by atoms with E-state index in [1.165, 1.54) is 0 Å². The van der Waals surface area contributed by atoms with Crippen molar-refractivity contribution in [2.45, 2.75) is 26.8 Å². The quantitative estimate of drug-likeness (QED) is 0.298. The van der Waals surface area contributed by atoms with Gasteiger partial charge in [0.25, 0.3) is 5.91 Å². The Morgan fingerprint density at radius 2 is 1.72 bits per heavy atom. The Morgan fingerprint density at radius 3 is 2.36 bits per heavy atom. The summed E-state index contributed by atoms with van der Waals surface area (Å²) in [7, 11) is 3.21. The van der Waals surface area contributed by atoms with E-state index in [9.17, 15) is 9.59 Å². The summed E-state index contributed by atoms with van der Waals surface area (Å²) in [4.78, 5) is 31.4. The predicted octanol–water partition coefficient (Wildman–Crippen LogP) is 5.79. The Labute approximate surface area is 222 Å². The molecule has 1 heterocycles. The van der Waals surface area contributed by atoms with Gasteiger partial charge in [0.2, 0.25) is 5.91 Å². The van der Waals surface area contributed by atoms with Gasteiger partial charge in [-0.25, -0.2) is 0 Å². The van der Waals surface area contributed by atoms with Crippen LogP contribution in [0.2, 0.25) is 5.02 Å². The van der Waals surface area contributed by atoms with E-state index >= 15 is 0 Å². The lowest BCUT2D eigenvalue weighted by molar-refractivity contribution is -0.132. The van der Waals surface area contributed by atoms with Gasteiger partial charge < -0.3 is 19.3 Å². The molecule has 192 valence electrons. The van der Waals surface area contributed by atoms with Gasteiger partial charge in [-0.1, -0.05) is 49.7 Å². The van der Waals surface area contributed by atoms with Crippen LogP contribution in [0.4, 0.5) is 0 Å². The second kappa shape index (κ2) is 13.3. The van der Waals surface area contributed by atoms with Crippen molar-refractivity contribution in [2.24, 2.45) is 5.92 Å². The summed E-state index contributed by atoms with van der Waals surface area (Å²) in [5.74, 6) is 1.17. The number of methoxy groups -OCH3 is 2. The molecule has 0 unspecified atom stereocenters. The second-order valence-electron chi connectivity index (χ2n) is 8.89. The molecule has 0 aliphatic carbocycles. The molecule has 0 aliphatic rings. The molecule has 3 rings (SSSR count). The summed E-state index contributed by atoms with van der Waals surface area (Å²) in [5.41, 5.74) is 1.44. The molecule has 0 saturated heterocycles. The zero-order valence-electron chi connectivity index (χ0n) is 21.2. The van der Waals surface area contributed by atoms with Crippen LogP contribution in [0.15, 0.2) is 60.0 Å². The van der Waals surface area contributed by atoms with Crippen LogP contribution in [0.5, 0.6) is 11.5 Å². The molecule has 1 aromatic heterocycles. The highest BCUT2D eigenvalue weighted by Gasteiger charge is 2.24. The third kappa shape index (κ3) is 7.48. The summed E-state index contributed by atoms with van der Waals surface area (Å²) >= 11 is 7.90. The number of hydrogen-bond acceptors (Lipinski definition) is 5. The zero-order valence-corrected chi connectivity index (χ0v) is 22.8. The van der Waals surface area contributed by atoms with Crippen molar-refractivity contribution in [3.8, 4) is 11.5 Å². The van der Waals surface area contributed by atoms with Gasteiger partial charge in [0.1, 0.15) is 6.54 Å². The number of benzene rings is 2. The monoisotopic (exact) mass is 528 g/mol. The molecule has 0 N–H and O–H groups in total. The van der Waals surface area contributed by atoms with Crippen LogP contribution in [-0.4, -0.2) is 55.5 Å². The van der Waals surface area contributed by atoms with Crippen molar-refractivity contribution >= 4 is 34.8 Å². The highest BCUT2D eigenvalue weighted by atomic mass is 35.5. The molecule has 0 spiro atoms. The van der Waals surface area contributed by atoms with Gasteiger partial charge in [0.05, 0.1) is 31.4 Å². The molecular formula is C28H33ClN2O4S. The standard InChI is InChI=1S/C28H33ClN2O4S/c1-20(2)17-31(28(33)23-9-5-6-10-24(23)29)19-27(32)30(18-22-8-7-15-36-22)14-13-21-11-12-25(34-3)26(16-21)35-4/h5-12,15-16,20H,13-14,17-19H2,1-4H3. The summed E-state index contributed by atoms with van der Waals surface area (Å²) in [6, 6.07) is 16.7. The first kappa shape index (κ1) is 27.6. The lowest BCUT2D eigenvalue weighted by Gasteiger charge is -2.29. The lowest BCUT2D eigenvalue weighted by Crippen LogP contribution is -2.44. The first-order valence-corrected chi connectivity index (χ1v) is 13.1. The molecule has 2 aromatic carbocycles. The minimum absolute atomic E-state index is 0.0143.